The van der Waals surface area contributed by atoms with Gasteiger partial charge in [-0.05, 0) is 55.3 Å². The molecule has 2 aromatic carbocycles. The number of aryl methyl sites for hydroxylation is 2. The van der Waals surface area contributed by atoms with Crippen molar-refractivity contribution in [1.29, 1.82) is 0 Å². The highest BCUT2D eigenvalue weighted by atomic mass is 16.3. The predicted molar refractivity (Wildman–Crippen MR) is 116 cm³/mol. The monoisotopic (exact) mass is 399 g/mol. The molecule has 4 aromatic rings. The van der Waals surface area contributed by atoms with Crippen molar-refractivity contribution < 1.29 is 9.21 Å². The number of carbonyl (C=O) groups excluding carboxylic acids is 1. The average molecular weight is 399 g/mol. The maximum Gasteiger partial charge on any atom is 0.254 e. The van der Waals surface area contributed by atoms with Gasteiger partial charge in [0.2, 0.25) is 0 Å². The van der Waals surface area contributed by atoms with E-state index in [-0.39, 0.29) is 5.91 Å². The molecular weight excluding hydrogens is 374 g/mol. The third kappa shape index (κ3) is 4.69. The number of aromatic nitrogens is 2. The summed E-state index contributed by atoms with van der Waals surface area (Å²) in [5.41, 5.74) is 4.99. The summed E-state index contributed by atoms with van der Waals surface area (Å²) in [6, 6.07) is 23.6. The van der Waals surface area contributed by atoms with E-state index in [0.29, 0.717) is 25.2 Å². The molecule has 0 saturated heterocycles. The third-order valence-electron chi connectivity index (χ3n) is 5.07. The Hall–Kier alpha value is -3.60. The van der Waals surface area contributed by atoms with Crippen LogP contribution in [0.3, 0.4) is 0 Å². The molecule has 0 atom stereocenters. The molecule has 152 valence electrons. The first-order chi connectivity index (χ1) is 14.6. The molecule has 0 aliphatic heterocycles. The summed E-state index contributed by atoms with van der Waals surface area (Å²) in [5.74, 6) is 0.744. The van der Waals surface area contributed by atoms with Crippen LogP contribution in [0.5, 0.6) is 0 Å². The molecule has 2 heterocycles. The van der Waals surface area contributed by atoms with Gasteiger partial charge in [0.15, 0.2) is 0 Å². The van der Waals surface area contributed by atoms with E-state index in [1.807, 2.05) is 90.2 Å². The van der Waals surface area contributed by atoms with Gasteiger partial charge in [-0.25, -0.2) is 0 Å². The maximum absolute atomic E-state index is 13.3. The van der Waals surface area contributed by atoms with E-state index in [1.54, 1.807) is 6.26 Å². The van der Waals surface area contributed by atoms with Crippen molar-refractivity contribution in [3.05, 3.63) is 113 Å². The van der Waals surface area contributed by atoms with Crippen LogP contribution in [0.25, 0.3) is 0 Å². The molecule has 0 N–H and O–H groups in total. The first-order valence-electron chi connectivity index (χ1n) is 10.0. The van der Waals surface area contributed by atoms with Crippen LogP contribution in [0.1, 0.15) is 38.6 Å². The topological polar surface area (TPSA) is 51.3 Å². The van der Waals surface area contributed by atoms with Crippen molar-refractivity contribution in [3.63, 3.8) is 0 Å². The highest BCUT2D eigenvalue weighted by molar-refractivity contribution is 5.94. The minimum absolute atomic E-state index is 0.0204. The zero-order valence-electron chi connectivity index (χ0n) is 17.3. The lowest BCUT2D eigenvalue weighted by atomic mass is 10.1. The Labute approximate surface area is 176 Å². The van der Waals surface area contributed by atoms with Crippen LogP contribution >= 0.6 is 0 Å². The summed E-state index contributed by atoms with van der Waals surface area (Å²) in [5, 5.41) is 4.51. The van der Waals surface area contributed by atoms with Crippen molar-refractivity contribution in [2.75, 3.05) is 0 Å². The largest absolute Gasteiger partial charge is 0.467 e. The number of hydrogen-bond donors (Lipinski definition) is 0. The first kappa shape index (κ1) is 19.7. The van der Waals surface area contributed by atoms with Crippen molar-refractivity contribution in [2.24, 2.45) is 0 Å². The minimum Gasteiger partial charge on any atom is -0.467 e. The Balaban J connectivity index is 1.52. The highest BCUT2D eigenvalue weighted by Gasteiger charge is 2.18. The van der Waals surface area contributed by atoms with E-state index < -0.39 is 0 Å². The number of hydrogen-bond acceptors (Lipinski definition) is 3. The summed E-state index contributed by atoms with van der Waals surface area (Å²) >= 11 is 0. The van der Waals surface area contributed by atoms with Gasteiger partial charge in [-0.3, -0.25) is 9.48 Å². The quantitative estimate of drug-likeness (QED) is 0.440. The number of amides is 1. The SMILES string of the molecule is Cc1cc(C)n(Cc2ccc(C(=O)N(Cc3ccccc3)Cc3ccco3)cc2)n1. The molecule has 0 unspecified atom stereocenters. The number of carbonyl (C=O) groups is 1. The van der Waals surface area contributed by atoms with Crippen molar-refractivity contribution in [3.8, 4) is 0 Å². The van der Waals surface area contributed by atoms with Gasteiger partial charge >= 0.3 is 0 Å². The average Bonchev–Trinajstić information content (AvgIpc) is 3.37. The molecule has 1 amide bonds. The fourth-order valence-electron chi connectivity index (χ4n) is 3.54. The van der Waals surface area contributed by atoms with E-state index in [9.17, 15) is 4.79 Å². The number of rotatable bonds is 7. The molecule has 2 aromatic heterocycles. The Morgan fingerprint density at radius 2 is 1.70 bits per heavy atom. The Kier molecular flexibility index (Phi) is 5.80. The van der Waals surface area contributed by atoms with Gasteiger partial charge in [0.05, 0.1) is 25.0 Å². The molecule has 0 radical (unpaired) electrons. The van der Waals surface area contributed by atoms with Gasteiger partial charge in [0, 0.05) is 17.8 Å². The molecule has 0 aliphatic rings. The van der Waals surface area contributed by atoms with Gasteiger partial charge in [-0.1, -0.05) is 42.5 Å². The molecule has 5 heteroatoms. The van der Waals surface area contributed by atoms with Crippen LogP contribution in [0, 0.1) is 13.8 Å². The molecule has 0 aliphatic carbocycles. The van der Waals surface area contributed by atoms with Crippen molar-refractivity contribution >= 4 is 5.91 Å². The van der Waals surface area contributed by atoms with Crippen molar-refractivity contribution in [1.82, 2.24) is 14.7 Å². The lowest BCUT2D eigenvalue weighted by Crippen LogP contribution is -2.30. The lowest BCUT2D eigenvalue weighted by molar-refractivity contribution is 0.0717. The standard InChI is InChI=1S/C25H25N3O2/c1-19-15-20(2)28(26-19)17-22-10-12-23(13-11-22)25(29)27(18-24-9-6-14-30-24)16-21-7-4-3-5-8-21/h3-15H,16-18H2,1-2H3. The third-order valence-corrected chi connectivity index (χ3v) is 5.07. The Bertz CT molecular complexity index is 1100. The van der Waals surface area contributed by atoms with E-state index >= 15 is 0 Å². The second-order valence-corrected chi connectivity index (χ2v) is 7.51. The van der Waals surface area contributed by atoms with E-state index in [2.05, 4.69) is 11.2 Å². The van der Waals surface area contributed by atoms with Crippen LogP contribution in [-0.4, -0.2) is 20.6 Å². The second kappa shape index (κ2) is 8.82. The predicted octanol–water partition coefficient (Wildman–Crippen LogP) is 4.98. The maximum atomic E-state index is 13.3. The first-order valence-corrected chi connectivity index (χ1v) is 10.0. The van der Waals surface area contributed by atoms with Crippen LogP contribution in [0.2, 0.25) is 0 Å². The lowest BCUT2D eigenvalue weighted by Gasteiger charge is -2.22. The highest BCUT2D eigenvalue weighted by Crippen LogP contribution is 2.16. The normalized spacial score (nSPS) is 10.9. The smallest absolute Gasteiger partial charge is 0.254 e. The van der Waals surface area contributed by atoms with Crippen LogP contribution in [0.15, 0.2) is 83.5 Å². The van der Waals surface area contributed by atoms with Gasteiger partial charge in [0.25, 0.3) is 5.91 Å². The van der Waals surface area contributed by atoms with E-state index in [4.69, 9.17) is 4.42 Å². The summed E-state index contributed by atoms with van der Waals surface area (Å²) < 4.78 is 7.46. The van der Waals surface area contributed by atoms with Crippen LogP contribution in [-0.2, 0) is 19.6 Å². The Morgan fingerprint density at radius 1 is 0.933 bits per heavy atom. The van der Waals surface area contributed by atoms with Gasteiger partial charge in [-0.15, -0.1) is 0 Å². The van der Waals surface area contributed by atoms with Gasteiger partial charge < -0.3 is 9.32 Å². The molecule has 0 bridgehead atoms. The molecular formula is C25H25N3O2. The van der Waals surface area contributed by atoms with Gasteiger partial charge in [-0.2, -0.15) is 5.10 Å². The van der Waals surface area contributed by atoms with Crippen LogP contribution in [0.4, 0.5) is 0 Å². The second-order valence-electron chi connectivity index (χ2n) is 7.51. The summed E-state index contributed by atoms with van der Waals surface area (Å²) in [6.45, 7) is 5.68. The number of benzene rings is 2. The number of furan rings is 1. The van der Waals surface area contributed by atoms with Crippen LogP contribution < -0.4 is 0 Å². The minimum atomic E-state index is -0.0204. The number of nitrogens with zero attached hydrogens (tertiary/aromatic N) is 3. The van der Waals surface area contributed by atoms with E-state index in [1.165, 1.54) is 0 Å². The fraction of sp³-hybridized carbons (Fsp3) is 0.200. The van der Waals surface area contributed by atoms with Crippen molar-refractivity contribution in [2.45, 2.75) is 33.5 Å². The molecule has 0 fully saturated rings. The molecule has 4 rings (SSSR count). The Morgan fingerprint density at radius 3 is 2.33 bits per heavy atom. The van der Waals surface area contributed by atoms with E-state index in [0.717, 1.165) is 28.3 Å². The van der Waals surface area contributed by atoms with Gasteiger partial charge in [0.1, 0.15) is 5.76 Å². The summed E-state index contributed by atoms with van der Waals surface area (Å²) in [6.07, 6.45) is 1.63. The fourth-order valence-corrected chi connectivity index (χ4v) is 3.54. The molecule has 30 heavy (non-hydrogen) atoms. The summed E-state index contributed by atoms with van der Waals surface area (Å²) in [7, 11) is 0. The summed E-state index contributed by atoms with van der Waals surface area (Å²) in [4.78, 5) is 15.1. The zero-order valence-corrected chi connectivity index (χ0v) is 17.3. The molecule has 0 spiro atoms. The zero-order chi connectivity index (χ0) is 20.9. The molecule has 5 nitrogen and oxygen atoms in total. The molecule has 0 saturated carbocycles.